The Morgan fingerprint density at radius 3 is 2.50 bits per heavy atom. The Labute approximate surface area is 215 Å². The van der Waals surface area contributed by atoms with E-state index in [9.17, 15) is 4.79 Å². The van der Waals surface area contributed by atoms with E-state index in [0.717, 1.165) is 23.1 Å². The highest BCUT2D eigenvalue weighted by Gasteiger charge is 2.42. The predicted molar refractivity (Wildman–Crippen MR) is 138 cm³/mol. The van der Waals surface area contributed by atoms with Crippen LogP contribution in [-0.4, -0.2) is 40.6 Å². The lowest BCUT2D eigenvalue weighted by molar-refractivity contribution is -0.185. The number of nitrogens with zero attached hydrogens (tertiary/aromatic N) is 2. The molecular weight excluding hydrogens is 476 g/mol. The van der Waals surface area contributed by atoms with Crippen LogP contribution in [0.2, 0.25) is 5.02 Å². The average Bonchev–Trinajstić information content (AvgIpc) is 3.58. The van der Waals surface area contributed by atoms with Gasteiger partial charge in [0.1, 0.15) is 12.7 Å². The Balaban J connectivity index is 1.19. The molecule has 3 aromatic carbocycles. The molecule has 1 saturated heterocycles. The van der Waals surface area contributed by atoms with Crippen molar-refractivity contribution in [2.75, 3.05) is 13.2 Å². The normalized spacial score (nSPS) is 19.3. The molecule has 2 atom stereocenters. The van der Waals surface area contributed by atoms with Gasteiger partial charge >= 0.3 is 5.97 Å². The lowest BCUT2D eigenvalue weighted by atomic mass is 10.0. The summed E-state index contributed by atoms with van der Waals surface area (Å²) in [7, 11) is 0. The summed E-state index contributed by atoms with van der Waals surface area (Å²) in [5.41, 5.74) is 3.79. The highest BCUT2D eigenvalue weighted by atomic mass is 35.5. The molecule has 184 valence electrons. The topological polar surface area (TPSA) is 62.6 Å². The zero-order chi connectivity index (χ0) is 24.8. The van der Waals surface area contributed by atoms with E-state index in [4.69, 9.17) is 25.8 Å². The van der Waals surface area contributed by atoms with Gasteiger partial charge in [0, 0.05) is 23.8 Å². The van der Waals surface area contributed by atoms with Gasteiger partial charge in [-0.05, 0) is 47.4 Å². The molecule has 0 radical (unpaired) electrons. The quantitative estimate of drug-likeness (QED) is 0.270. The molecule has 0 amide bonds. The second-order valence-corrected chi connectivity index (χ2v) is 9.30. The average molecular weight is 503 g/mol. The number of carbonyl (C=O) groups is 1. The number of aryl methyl sites for hydroxylation is 1. The first-order valence-corrected chi connectivity index (χ1v) is 12.3. The number of hydrogen-bond acceptors (Lipinski definition) is 5. The zero-order valence-electron chi connectivity index (χ0n) is 19.8. The highest BCUT2D eigenvalue weighted by Crippen LogP contribution is 2.31. The van der Waals surface area contributed by atoms with E-state index in [2.05, 4.69) is 4.98 Å². The number of rotatable bonds is 9. The van der Waals surface area contributed by atoms with Crippen LogP contribution in [0.25, 0.3) is 11.1 Å². The molecule has 0 saturated carbocycles. The fourth-order valence-electron chi connectivity index (χ4n) is 4.32. The van der Waals surface area contributed by atoms with Crippen molar-refractivity contribution < 1.29 is 19.0 Å². The van der Waals surface area contributed by atoms with Gasteiger partial charge in [-0.1, -0.05) is 66.2 Å². The molecule has 1 fully saturated rings. The number of halogens is 1. The third kappa shape index (κ3) is 6.02. The summed E-state index contributed by atoms with van der Waals surface area (Å²) in [6, 6.07) is 25.2. The van der Waals surface area contributed by atoms with Crippen molar-refractivity contribution >= 4 is 17.6 Å². The molecule has 36 heavy (non-hydrogen) atoms. The standard InChI is InChI=1S/C29H27ClN2O4/c30-26-12-6-22(7-13-26)14-15-29(20-32-17-16-31-21-32)35-19-27(36-29)18-34-28(33)25-10-8-24(9-11-25)23-4-2-1-3-5-23/h1-13,16-17,21,27H,14-15,18-20H2/t27-,29+/m1/s1. The van der Waals surface area contributed by atoms with Crippen molar-refractivity contribution in [3.63, 3.8) is 0 Å². The van der Waals surface area contributed by atoms with Crippen LogP contribution in [0.3, 0.4) is 0 Å². The van der Waals surface area contributed by atoms with Crippen LogP contribution in [0.1, 0.15) is 22.3 Å². The largest absolute Gasteiger partial charge is 0.459 e. The van der Waals surface area contributed by atoms with E-state index in [-0.39, 0.29) is 18.7 Å². The van der Waals surface area contributed by atoms with Gasteiger partial charge < -0.3 is 18.8 Å². The van der Waals surface area contributed by atoms with Crippen molar-refractivity contribution in [2.24, 2.45) is 0 Å². The van der Waals surface area contributed by atoms with Gasteiger partial charge in [-0.15, -0.1) is 0 Å². The van der Waals surface area contributed by atoms with E-state index in [1.54, 1.807) is 24.7 Å². The van der Waals surface area contributed by atoms with E-state index in [1.165, 1.54) is 0 Å². The smallest absolute Gasteiger partial charge is 0.338 e. The Morgan fingerprint density at radius 1 is 1.03 bits per heavy atom. The third-order valence-corrected chi connectivity index (χ3v) is 6.48. The number of carbonyl (C=O) groups excluding carboxylic acids is 1. The second-order valence-electron chi connectivity index (χ2n) is 8.86. The van der Waals surface area contributed by atoms with Gasteiger partial charge in [0.2, 0.25) is 0 Å². The van der Waals surface area contributed by atoms with Crippen LogP contribution in [0.4, 0.5) is 0 Å². The molecule has 0 unspecified atom stereocenters. The van der Waals surface area contributed by atoms with Gasteiger partial charge in [-0.2, -0.15) is 0 Å². The minimum atomic E-state index is -0.839. The molecule has 6 nitrogen and oxygen atoms in total. The fraction of sp³-hybridized carbons (Fsp3) is 0.241. The number of benzene rings is 3. The van der Waals surface area contributed by atoms with Crippen LogP contribution < -0.4 is 0 Å². The minimum Gasteiger partial charge on any atom is -0.459 e. The molecule has 0 bridgehead atoms. The molecule has 7 heteroatoms. The van der Waals surface area contributed by atoms with E-state index >= 15 is 0 Å². The Hall–Kier alpha value is -3.45. The van der Waals surface area contributed by atoms with E-state index < -0.39 is 5.79 Å². The maximum atomic E-state index is 12.7. The summed E-state index contributed by atoms with van der Waals surface area (Å²) < 4.78 is 20.1. The zero-order valence-corrected chi connectivity index (χ0v) is 20.5. The van der Waals surface area contributed by atoms with Crippen molar-refractivity contribution in [1.82, 2.24) is 9.55 Å². The number of ether oxygens (including phenoxy) is 3. The molecule has 0 aliphatic carbocycles. The summed E-state index contributed by atoms with van der Waals surface area (Å²) in [6.07, 6.45) is 6.38. The van der Waals surface area contributed by atoms with Crippen molar-refractivity contribution in [1.29, 1.82) is 0 Å². The monoisotopic (exact) mass is 502 g/mol. The van der Waals surface area contributed by atoms with Crippen LogP contribution in [0.5, 0.6) is 0 Å². The van der Waals surface area contributed by atoms with Crippen LogP contribution in [-0.2, 0) is 27.2 Å². The first-order chi connectivity index (χ1) is 17.6. The first kappa shape index (κ1) is 24.3. The minimum absolute atomic E-state index is 0.117. The highest BCUT2D eigenvalue weighted by molar-refractivity contribution is 6.30. The second kappa shape index (κ2) is 11.1. The third-order valence-electron chi connectivity index (χ3n) is 6.23. The van der Waals surface area contributed by atoms with E-state index in [0.29, 0.717) is 30.2 Å². The molecule has 0 N–H and O–H groups in total. The summed E-state index contributed by atoms with van der Waals surface area (Å²) in [5.74, 6) is -1.22. The number of imidazole rings is 1. The first-order valence-electron chi connectivity index (χ1n) is 11.9. The van der Waals surface area contributed by atoms with Crippen molar-refractivity contribution in [2.45, 2.75) is 31.3 Å². The van der Waals surface area contributed by atoms with Crippen LogP contribution >= 0.6 is 11.6 Å². The SMILES string of the molecule is O=C(OC[C@@H]1CO[C@](CCc2ccc(Cl)cc2)(Cn2ccnc2)O1)c1ccc(-c2ccccc2)cc1. The number of esters is 1. The molecule has 0 spiro atoms. The summed E-state index contributed by atoms with van der Waals surface area (Å²) in [4.78, 5) is 16.8. The molecular formula is C29H27ClN2O4. The van der Waals surface area contributed by atoms with Gasteiger partial charge in [-0.25, -0.2) is 9.78 Å². The molecule has 1 aliphatic heterocycles. The maximum Gasteiger partial charge on any atom is 0.338 e. The Morgan fingerprint density at radius 2 is 1.78 bits per heavy atom. The fourth-order valence-corrected chi connectivity index (χ4v) is 4.44. The van der Waals surface area contributed by atoms with Crippen molar-refractivity contribution in [3.05, 3.63) is 114 Å². The van der Waals surface area contributed by atoms with Gasteiger partial charge in [0.25, 0.3) is 0 Å². The molecule has 2 heterocycles. The summed E-state index contributed by atoms with van der Waals surface area (Å²) in [6.45, 7) is 0.952. The maximum absolute atomic E-state index is 12.7. The lowest BCUT2D eigenvalue weighted by Gasteiger charge is -2.28. The van der Waals surface area contributed by atoms with Crippen molar-refractivity contribution in [3.8, 4) is 11.1 Å². The van der Waals surface area contributed by atoms with Crippen LogP contribution in [0.15, 0.2) is 97.6 Å². The summed E-state index contributed by atoms with van der Waals surface area (Å²) in [5, 5.41) is 0.705. The van der Waals surface area contributed by atoms with E-state index in [1.807, 2.05) is 77.5 Å². The van der Waals surface area contributed by atoms with Gasteiger partial charge in [-0.3, -0.25) is 0 Å². The van der Waals surface area contributed by atoms with Gasteiger partial charge in [0.05, 0.1) is 25.0 Å². The lowest BCUT2D eigenvalue weighted by Crippen LogP contribution is -2.37. The van der Waals surface area contributed by atoms with Gasteiger partial charge in [0.15, 0.2) is 5.79 Å². The Bertz CT molecular complexity index is 1260. The predicted octanol–water partition coefficient (Wildman–Crippen LogP) is 5.81. The van der Waals surface area contributed by atoms with Crippen LogP contribution in [0, 0.1) is 0 Å². The molecule has 4 aromatic rings. The molecule has 5 rings (SSSR count). The Kier molecular flexibility index (Phi) is 7.47. The number of hydrogen-bond donors (Lipinski definition) is 0. The molecule has 1 aromatic heterocycles. The summed E-state index contributed by atoms with van der Waals surface area (Å²) >= 11 is 6.02. The number of aromatic nitrogens is 2. The molecule has 1 aliphatic rings.